The van der Waals surface area contributed by atoms with E-state index in [1.165, 1.54) is 26.4 Å². The highest BCUT2D eigenvalue weighted by Crippen LogP contribution is 2.65. The van der Waals surface area contributed by atoms with Gasteiger partial charge in [-0.05, 0) is 91.6 Å². The van der Waals surface area contributed by atoms with Gasteiger partial charge in [-0.15, -0.1) is 0 Å². The molecule has 2 saturated carbocycles. The maximum atomic E-state index is 15.6. The summed E-state index contributed by atoms with van der Waals surface area (Å²) >= 11 is 6.62. The van der Waals surface area contributed by atoms with Gasteiger partial charge >= 0.3 is 0 Å². The van der Waals surface area contributed by atoms with Crippen molar-refractivity contribution >= 4 is 21.6 Å². The molecular formula is C39H60ClFN4O3S. The smallest absolute Gasteiger partial charge is 0.214 e. The molecule has 2 aromatic rings. The van der Waals surface area contributed by atoms with Crippen molar-refractivity contribution in [3.05, 3.63) is 63.9 Å². The van der Waals surface area contributed by atoms with Gasteiger partial charge in [0.2, 0.25) is 10.0 Å². The Balaban J connectivity index is 1.36. The van der Waals surface area contributed by atoms with Crippen molar-refractivity contribution in [3.8, 4) is 5.75 Å². The number of rotatable bonds is 14. The van der Waals surface area contributed by atoms with Crippen LogP contribution in [0.15, 0.2) is 36.4 Å². The monoisotopic (exact) mass is 718 g/mol. The summed E-state index contributed by atoms with van der Waals surface area (Å²) in [5, 5.41) is 4.24. The van der Waals surface area contributed by atoms with Gasteiger partial charge in [0.1, 0.15) is 0 Å². The largest absolute Gasteiger partial charge is 0.494 e. The molecule has 5 rings (SSSR count). The van der Waals surface area contributed by atoms with Crippen LogP contribution in [0.25, 0.3) is 0 Å². The Morgan fingerprint density at radius 2 is 1.82 bits per heavy atom. The number of ether oxygens (including phenoxy) is 1. The predicted molar refractivity (Wildman–Crippen MR) is 199 cm³/mol. The Morgan fingerprint density at radius 1 is 1.10 bits per heavy atom. The normalized spacial score (nSPS) is 27.0. The first kappa shape index (κ1) is 38.5. The number of sulfonamides is 1. The molecule has 5 atom stereocenters. The Morgan fingerprint density at radius 3 is 2.43 bits per heavy atom. The minimum Gasteiger partial charge on any atom is -0.494 e. The predicted octanol–water partition coefficient (Wildman–Crippen LogP) is 7.56. The van der Waals surface area contributed by atoms with Crippen LogP contribution in [0.3, 0.4) is 0 Å². The number of hydrogen-bond donors (Lipinski definition) is 1. The Bertz CT molecular complexity index is 1580. The molecule has 0 radical (unpaired) electrons. The molecular weight excluding hydrogens is 659 g/mol. The second kappa shape index (κ2) is 14.7. The fourth-order valence-electron chi connectivity index (χ4n) is 9.07. The van der Waals surface area contributed by atoms with Crippen molar-refractivity contribution < 1.29 is 17.5 Å². The first-order valence-corrected chi connectivity index (χ1v) is 20.0. The molecule has 0 spiro atoms. The van der Waals surface area contributed by atoms with Gasteiger partial charge in [0.05, 0.1) is 12.9 Å². The van der Waals surface area contributed by atoms with Crippen LogP contribution in [-0.2, 0) is 29.7 Å². The van der Waals surface area contributed by atoms with Crippen molar-refractivity contribution in [2.45, 2.75) is 111 Å². The lowest BCUT2D eigenvalue weighted by Gasteiger charge is -2.40. The van der Waals surface area contributed by atoms with Gasteiger partial charge in [0.15, 0.2) is 11.6 Å². The van der Waals surface area contributed by atoms with Crippen LogP contribution >= 0.6 is 11.6 Å². The average Bonchev–Trinajstić information content (AvgIpc) is 3.49. The number of fused-ring (bicyclic) bond motifs is 2. The van der Waals surface area contributed by atoms with Crippen LogP contribution in [0.1, 0.15) is 90.3 Å². The third-order valence-electron chi connectivity index (χ3n) is 12.3. The SMILES string of the molecule is COc1ccc(Cl)c(CN(Cc2cccc(CN3C(CNC4CC5CCC4(C)C5(C)C)CCS3(=O)=O)c2)C(CN(C)C)CC(C)(C)C)c1F. The number of nitrogens with zero attached hydrogens (tertiary/aromatic N) is 3. The van der Waals surface area contributed by atoms with Gasteiger partial charge < -0.3 is 15.0 Å². The van der Waals surface area contributed by atoms with E-state index in [1.54, 1.807) is 16.4 Å². The maximum absolute atomic E-state index is 15.6. The maximum Gasteiger partial charge on any atom is 0.214 e. The van der Waals surface area contributed by atoms with E-state index in [9.17, 15) is 8.42 Å². The second-order valence-electron chi connectivity index (χ2n) is 17.3. The molecule has 2 aliphatic carbocycles. The second-order valence-corrected chi connectivity index (χ2v) is 19.8. The molecule has 49 heavy (non-hydrogen) atoms. The fraction of sp³-hybridized carbons (Fsp3) is 0.692. The van der Waals surface area contributed by atoms with E-state index in [2.05, 4.69) is 82.9 Å². The first-order valence-electron chi connectivity index (χ1n) is 18.0. The third-order valence-corrected chi connectivity index (χ3v) is 14.5. The van der Waals surface area contributed by atoms with E-state index in [0.29, 0.717) is 54.6 Å². The van der Waals surface area contributed by atoms with E-state index in [-0.39, 0.29) is 34.4 Å². The summed E-state index contributed by atoms with van der Waals surface area (Å²) in [4.78, 5) is 4.48. The lowest BCUT2D eigenvalue weighted by atomic mass is 9.69. The van der Waals surface area contributed by atoms with Crippen LogP contribution in [-0.4, -0.2) is 80.7 Å². The van der Waals surface area contributed by atoms with Gasteiger partial charge in [-0.1, -0.05) is 77.4 Å². The number of nitrogens with one attached hydrogen (secondary N) is 1. The fourth-order valence-corrected chi connectivity index (χ4v) is 11.1. The topological polar surface area (TPSA) is 65.1 Å². The summed E-state index contributed by atoms with van der Waals surface area (Å²) in [6, 6.07) is 12.0. The van der Waals surface area contributed by atoms with Crippen LogP contribution in [0.4, 0.5) is 4.39 Å². The highest BCUT2D eigenvalue weighted by molar-refractivity contribution is 7.89. The number of halogens is 2. The molecule has 2 aromatic carbocycles. The van der Waals surface area contributed by atoms with Gasteiger partial charge in [-0.25, -0.2) is 12.8 Å². The zero-order valence-corrected chi connectivity index (χ0v) is 32.9. The zero-order valence-electron chi connectivity index (χ0n) is 31.3. The van der Waals surface area contributed by atoms with Gasteiger partial charge in [-0.3, -0.25) is 4.90 Å². The Hall–Kier alpha value is -1.75. The van der Waals surface area contributed by atoms with Crippen LogP contribution in [0.2, 0.25) is 5.02 Å². The Labute approximate surface area is 300 Å². The molecule has 1 saturated heterocycles. The highest BCUT2D eigenvalue weighted by atomic mass is 35.5. The Kier molecular flexibility index (Phi) is 11.5. The summed E-state index contributed by atoms with van der Waals surface area (Å²) in [5.74, 6) is 0.665. The molecule has 3 aliphatic rings. The lowest BCUT2D eigenvalue weighted by molar-refractivity contribution is 0.106. The van der Waals surface area contributed by atoms with E-state index in [4.69, 9.17) is 16.3 Å². The van der Waals surface area contributed by atoms with E-state index in [1.807, 2.05) is 12.1 Å². The van der Waals surface area contributed by atoms with Crippen molar-refractivity contribution in [2.75, 3.05) is 40.0 Å². The van der Waals surface area contributed by atoms with Crippen molar-refractivity contribution in [2.24, 2.45) is 22.2 Å². The molecule has 274 valence electrons. The zero-order chi connectivity index (χ0) is 35.9. The van der Waals surface area contributed by atoms with Gasteiger partial charge in [0, 0.05) is 61.4 Å². The molecule has 2 bridgehead atoms. The molecule has 10 heteroatoms. The lowest BCUT2D eigenvalue weighted by Crippen LogP contribution is -2.49. The van der Waals surface area contributed by atoms with Gasteiger partial charge in [-0.2, -0.15) is 4.31 Å². The molecule has 0 amide bonds. The van der Waals surface area contributed by atoms with E-state index >= 15 is 4.39 Å². The minimum atomic E-state index is -3.36. The summed E-state index contributed by atoms with van der Waals surface area (Å²) in [7, 11) is 2.23. The molecule has 7 nitrogen and oxygen atoms in total. The van der Waals surface area contributed by atoms with Crippen molar-refractivity contribution in [3.63, 3.8) is 0 Å². The van der Waals surface area contributed by atoms with E-state index in [0.717, 1.165) is 30.0 Å². The number of hydrogen-bond acceptors (Lipinski definition) is 6. The molecule has 0 aromatic heterocycles. The highest BCUT2D eigenvalue weighted by Gasteiger charge is 2.61. The molecule has 5 unspecified atom stereocenters. The van der Waals surface area contributed by atoms with Gasteiger partial charge in [0.25, 0.3) is 0 Å². The van der Waals surface area contributed by atoms with E-state index < -0.39 is 15.8 Å². The number of likely N-dealkylation sites (N-methyl/N-ethyl adjacent to an activating group) is 1. The third kappa shape index (κ3) is 8.33. The summed E-state index contributed by atoms with van der Waals surface area (Å²) in [6.45, 7) is 16.6. The quantitative estimate of drug-likeness (QED) is 0.218. The summed E-state index contributed by atoms with van der Waals surface area (Å²) < 4.78 is 49.5. The van der Waals surface area contributed by atoms with Crippen LogP contribution < -0.4 is 10.1 Å². The van der Waals surface area contributed by atoms with Crippen molar-refractivity contribution in [1.29, 1.82) is 0 Å². The molecule has 1 aliphatic heterocycles. The van der Waals surface area contributed by atoms with Crippen LogP contribution in [0, 0.1) is 28.0 Å². The number of methoxy groups -OCH3 is 1. The first-order chi connectivity index (χ1) is 22.8. The molecule has 1 heterocycles. The average molecular weight is 719 g/mol. The molecule has 3 fully saturated rings. The van der Waals surface area contributed by atoms with Crippen LogP contribution in [0.5, 0.6) is 5.75 Å². The minimum absolute atomic E-state index is 0.0376. The number of benzene rings is 2. The molecule has 1 N–H and O–H groups in total. The summed E-state index contributed by atoms with van der Waals surface area (Å²) in [5.41, 5.74) is 3.03. The van der Waals surface area contributed by atoms with Crippen molar-refractivity contribution in [1.82, 2.24) is 19.4 Å². The summed E-state index contributed by atoms with van der Waals surface area (Å²) in [6.07, 6.45) is 5.25. The standard InChI is InChI=1S/C39H60ClFN4O3S/c1-37(2,3)21-31(25-43(7)8)44(26-32-33(40)13-14-34(48-9)36(32)41)23-27-11-10-12-28(19-27)24-45-30(16-18-49(45,46)47)22-42-35-20-29-15-17-39(35,6)38(29,4)5/h10-14,19,29-31,35,42H,15-18,20-26H2,1-9H3.